The lowest BCUT2D eigenvalue weighted by Crippen LogP contribution is -2.30. The highest BCUT2D eigenvalue weighted by atomic mass is 16.5. The third-order valence-electron chi connectivity index (χ3n) is 5.47. The summed E-state index contributed by atoms with van der Waals surface area (Å²) in [6.07, 6.45) is 0.645. The average Bonchev–Trinajstić information content (AvgIpc) is 3.23. The van der Waals surface area contributed by atoms with Gasteiger partial charge in [0.05, 0.1) is 13.0 Å². The number of methoxy groups -OCH3 is 1. The van der Waals surface area contributed by atoms with Crippen LogP contribution in [-0.4, -0.2) is 41.2 Å². The fraction of sp³-hybridized carbons (Fsp3) is 0.400. The first-order valence-corrected chi connectivity index (χ1v) is 9.49. The van der Waals surface area contributed by atoms with E-state index in [4.69, 9.17) is 4.74 Å². The number of benzene rings is 1. The first-order valence-electron chi connectivity index (χ1n) is 9.49. The number of carbonyl (C=O) groups is 3. The second kappa shape index (κ2) is 7.23. The number of hydrogen-bond donors (Lipinski definition) is 2. The van der Waals surface area contributed by atoms with Gasteiger partial charge in [-0.15, -0.1) is 0 Å². The molecular formula is C20H23N5O4. The Hall–Kier alpha value is -3.36. The molecule has 0 unspecified atom stereocenters. The van der Waals surface area contributed by atoms with Crippen molar-refractivity contribution in [2.24, 2.45) is 18.9 Å². The van der Waals surface area contributed by atoms with Crippen LogP contribution in [0.2, 0.25) is 0 Å². The van der Waals surface area contributed by atoms with Crippen molar-refractivity contribution in [3.63, 3.8) is 0 Å². The Morgan fingerprint density at radius 1 is 1.24 bits per heavy atom. The maximum atomic E-state index is 12.8. The lowest BCUT2D eigenvalue weighted by molar-refractivity contribution is -0.122. The summed E-state index contributed by atoms with van der Waals surface area (Å²) in [5, 5.41) is 10.0. The van der Waals surface area contributed by atoms with E-state index in [0.29, 0.717) is 30.4 Å². The van der Waals surface area contributed by atoms with Gasteiger partial charge >= 0.3 is 0 Å². The molecule has 152 valence electrons. The number of ether oxygens (including phenoxy) is 1. The Morgan fingerprint density at radius 3 is 2.66 bits per heavy atom. The molecule has 2 aliphatic heterocycles. The maximum absolute atomic E-state index is 12.8. The van der Waals surface area contributed by atoms with E-state index in [2.05, 4.69) is 15.7 Å². The molecule has 0 radical (unpaired) electrons. The number of fused-ring (bicyclic) bond motifs is 1. The van der Waals surface area contributed by atoms with E-state index in [9.17, 15) is 14.4 Å². The van der Waals surface area contributed by atoms with Crippen molar-refractivity contribution in [1.82, 2.24) is 9.78 Å². The summed E-state index contributed by atoms with van der Waals surface area (Å²) in [6, 6.07) is 7.17. The van der Waals surface area contributed by atoms with Crippen molar-refractivity contribution in [3.8, 4) is 5.75 Å². The van der Waals surface area contributed by atoms with E-state index in [1.54, 1.807) is 48.0 Å². The van der Waals surface area contributed by atoms with Crippen molar-refractivity contribution < 1.29 is 19.1 Å². The number of aromatic nitrogens is 2. The number of anilines is 3. The molecule has 2 aliphatic rings. The van der Waals surface area contributed by atoms with Crippen molar-refractivity contribution in [3.05, 3.63) is 29.8 Å². The van der Waals surface area contributed by atoms with Crippen molar-refractivity contribution in [2.45, 2.75) is 19.8 Å². The normalized spacial score (nSPS) is 21.0. The molecule has 0 spiro atoms. The minimum Gasteiger partial charge on any atom is -0.497 e. The van der Waals surface area contributed by atoms with E-state index in [0.717, 1.165) is 11.3 Å². The van der Waals surface area contributed by atoms with Gasteiger partial charge in [-0.1, -0.05) is 6.92 Å². The fourth-order valence-corrected chi connectivity index (χ4v) is 3.77. The molecule has 3 amide bonds. The van der Waals surface area contributed by atoms with Gasteiger partial charge in [0.15, 0.2) is 5.82 Å². The van der Waals surface area contributed by atoms with Crippen molar-refractivity contribution >= 4 is 35.0 Å². The standard InChI is InChI=1S/C20H23N5O4/c1-11-8-15-17(23-24(2)18(15)22-19(11)27)21-20(28)12-9-16(26)25(10-12)13-4-6-14(29-3)7-5-13/h4-7,11-12H,8-10H2,1-3H3,(H,22,27)(H,21,23,28)/t11-,12+/m1/s1. The summed E-state index contributed by atoms with van der Waals surface area (Å²) in [4.78, 5) is 38.8. The second-order valence-electron chi connectivity index (χ2n) is 7.49. The number of carbonyl (C=O) groups excluding carboxylic acids is 3. The number of amides is 3. The van der Waals surface area contributed by atoms with Crippen molar-refractivity contribution in [1.29, 1.82) is 0 Å². The van der Waals surface area contributed by atoms with Gasteiger partial charge in [0.2, 0.25) is 17.7 Å². The van der Waals surface area contributed by atoms with Gasteiger partial charge in [0.25, 0.3) is 0 Å². The van der Waals surface area contributed by atoms with E-state index >= 15 is 0 Å². The minimum atomic E-state index is -0.474. The first-order chi connectivity index (χ1) is 13.9. The molecule has 1 fully saturated rings. The molecule has 4 rings (SSSR count). The van der Waals surface area contributed by atoms with Crippen LogP contribution in [0, 0.1) is 11.8 Å². The maximum Gasteiger partial charge on any atom is 0.231 e. The molecule has 0 aliphatic carbocycles. The highest BCUT2D eigenvalue weighted by Gasteiger charge is 2.36. The largest absolute Gasteiger partial charge is 0.497 e. The predicted molar refractivity (Wildman–Crippen MR) is 107 cm³/mol. The summed E-state index contributed by atoms with van der Waals surface area (Å²) < 4.78 is 6.70. The van der Waals surface area contributed by atoms with E-state index < -0.39 is 5.92 Å². The van der Waals surface area contributed by atoms with Crippen LogP contribution in [-0.2, 0) is 27.9 Å². The average molecular weight is 397 g/mol. The Bertz CT molecular complexity index is 982. The van der Waals surface area contributed by atoms with Crippen LogP contribution in [0.4, 0.5) is 17.3 Å². The van der Waals surface area contributed by atoms with Crippen LogP contribution in [0.3, 0.4) is 0 Å². The van der Waals surface area contributed by atoms with Gasteiger partial charge in [-0.3, -0.25) is 19.1 Å². The van der Waals surface area contributed by atoms with Crippen LogP contribution in [0.5, 0.6) is 5.75 Å². The Balaban J connectivity index is 1.48. The first kappa shape index (κ1) is 19.0. The van der Waals surface area contributed by atoms with Gasteiger partial charge in [-0.2, -0.15) is 5.10 Å². The molecule has 1 aromatic heterocycles. The van der Waals surface area contributed by atoms with Gasteiger partial charge in [0.1, 0.15) is 11.6 Å². The molecule has 9 nitrogen and oxygen atoms in total. The van der Waals surface area contributed by atoms with Crippen LogP contribution < -0.4 is 20.3 Å². The molecule has 0 saturated carbocycles. The summed E-state index contributed by atoms with van der Waals surface area (Å²) >= 11 is 0. The topological polar surface area (TPSA) is 106 Å². The molecular weight excluding hydrogens is 374 g/mol. The zero-order chi connectivity index (χ0) is 20.7. The molecule has 0 bridgehead atoms. The lowest BCUT2D eigenvalue weighted by atomic mass is 9.97. The molecule has 2 atom stereocenters. The number of hydrogen-bond acceptors (Lipinski definition) is 5. The quantitative estimate of drug-likeness (QED) is 0.814. The van der Waals surface area contributed by atoms with Crippen LogP contribution in [0.25, 0.3) is 0 Å². The Kier molecular flexibility index (Phi) is 4.73. The summed E-state index contributed by atoms with van der Waals surface area (Å²) in [7, 11) is 3.30. The molecule has 2 aromatic rings. The molecule has 2 N–H and O–H groups in total. The van der Waals surface area contributed by atoms with Gasteiger partial charge in [0, 0.05) is 37.2 Å². The minimum absolute atomic E-state index is 0.0603. The van der Waals surface area contributed by atoms with E-state index in [1.807, 2.05) is 6.92 Å². The summed E-state index contributed by atoms with van der Waals surface area (Å²) in [5.74, 6) is 0.671. The number of nitrogens with one attached hydrogen (secondary N) is 2. The lowest BCUT2D eigenvalue weighted by Gasteiger charge is -2.20. The summed E-state index contributed by atoms with van der Waals surface area (Å²) in [5.41, 5.74) is 1.54. The zero-order valence-electron chi connectivity index (χ0n) is 16.6. The SMILES string of the molecule is COc1ccc(N2C[C@@H](C(=O)Nc3nn(C)c4c3C[C@@H](C)C(=O)N4)CC2=O)cc1. The molecule has 3 heterocycles. The number of aryl methyl sites for hydroxylation is 1. The predicted octanol–water partition coefficient (Wildman–Crippen LogP) is 1.55. The Morgan fingerprint density at radius 2 is 1.97 bits per heavy atom. The molecule has 29 heavy (non-hydrogen) atoms. The fourth-order valence-electron chi connectivity index (χ4n) is 3.77. The van der Waals surface area contributed by atoms with Gasteiger partial charge < -0.3 is 20.3 Å². The molecule has 9 heteroatoms. The van der Waals surface area contributed by atoms with Crippen molar-refractivity contribution in [2.75, 3.05) is 29.2 Å². The highest BCUT2D eigenvalue weighted by Crippen LogP contribution is 2.32. The van der Waals surface area contributed by atoms with E-state index in [1.165, 1.54) is 0 Å². The smallest absolute Gasteiger partial charge is 0.231 e. The summed E-state index contributed by atoms with van der Waals surface area (Å²) in [6.45, 7) is 2.14. The molecule has 1 saturated heterocycles. The molecule has 1 aromatic carbocycles. The second-order valence-corrected chi connectivity index (χ2v) is 7.49. The third kappa shape index (κ3) is 3.43. The zero-order valence-corrected chi connectivity index (χ0v) is 16.6. The van der Waals surface area contributed by atoms with Gasteiger partial charge in [-0.05, 0) is 30.7 Å². The van der Waals surface area contributed by atoms with Gasteiger partial charge in [-0.25, -0.2) is 0 Å². The Labute approximate surface area is 168 Å². The third-order valence-corrected chi connectivity index (χ3v) is 5.47. The van der Waals surface area contributed by atoms with Crippen LogP contribution >= 0.6 is 0 Å². The van der Waals surface area contributed by atoms with Crippen LogP contribution in [0.15, 0.2) is 24.3 Å². The highest BCUT2D eigenvalue weighted by molar-refractivity contribution is 6.04. The monoisotopic (exact) mass is 397 g/mol. The van der Waals surface area contributed by atoms with Crippen LogP contribution in [0.1, 0.15) is 18.9 Å². The van der Waals surface area contributed by atoms with E-state index in [-0.39, 0.29) is 30.1 Å². The number of nitrogens with zero attached hydrogens (tertiary/aromatic N) is 3. The number of rotatable bonds is 4.